The minimum atomic E-state index is -0.826. The molecule has 7 nitrogen and oxygen atoms in total. The van der Waals surface area contributed by atoms with Crippen molar-refractivity contribution in [1.29, 1.82) is 0 Å². The minimum Gasteiger partial charge on any atom is -0.497 e. The van der Waals surface area contributed by atoms with Gasteiger partial charge in [-0.05, 0) is 65.8 Å². The molecule has 3 aromatic rings. The average molecular weight is 530 g/mol. The van der Waals surface area contributed by atoms with Gasteiger partial charge in [0, 0.05) is 37.3 Å². The van der Waals surface area contributed by atoms with E-state index < -0.39 is 12.1 Å². The van der Waals surface area contributed by atoms with Crippen LogP contribution in [0.15, 0.2) is 72.8 Å². The van der Waals surface area contributed by atoms with E-state index in [9.17, 15) is 14.7 Å². The van der Waals surface area contributed by atoms with Gasteiger partial charge in [0.2, 0.25) is 5.91 Å². The first-order chi connectivity index (χ1) is 18.8. The van der Waals surface area contributed by atoms with Crippen LogP contribution in [0.25, 0.3) is 0 Å². The number of hydrogen-bond acceptors (Lipinski definition) is 5. The number of nitrogens with zero attached hydrogens (tertiary/aromatic N) is 1. The number of amides is 2. The van der Waals surface area contributed by atoms with Gasteiger partial charge in [-0.25, -0.2) is 0 Å². The van der Waals surface area contributed by atoms with Crippen LogP contribution in [-0.2, 0) is 17.8 Å². The van der Waals surface area contributed by atoms with Crippen molar-refractivity contribution >= 4 is 17.5 Å². The van der Waals surface area contributed by atoms with Crippen LogP contribution in [0.2, 0.25) is 0 Å². The summed E-state index contributed by atoms with van der Waals surface area (Å²) in [7, 11) is 1.63. The lowest BCUT2D eigenvalue weighted by molar-refractivity contribution is -0.117. The molecule has 1 heterocycles. The lowest BCUT2D eigenvalue weighted by Crippen LogP contribution is -2.48. The third-order valence-corrected chi connectivity index (χ3v) is 7.15. The number of aliphatic hydroxyl groups is 1. The molecular formula is C32H39N3O4. The molecule has 0 aliphatic carbocycles. The molecule has 2 amide bonds. The summed E-state index contributed by atoms with van der Waals surface area (Å²) in [5.41, 5.74) is 4.31. The number of nitrogens with one attached hydrogen (secondary N) is 2. The number of aliphatic hydroxyl groups excluding tert-OH is 1. The van der Waals surface area contributed by atoms with Crippen LogP contribution in [0.1, 0.15) is 59.7 Å². The molecule has 4 rings (SSSR count). The smallest absolute Gasteiger partial charge is 0.251 e. The Balaban J connectivity index is 1.50. The lowest BCUT2D eigenvalue weighted by Gasteiger charge is -2.26. The van der Waals surface area contributed by atoms with E-state index in [0.29, 0.717) is 38.0 Å². The first-order valence-electron chi connectivity index (χ1n) is 13.7. The van der Waals surface area contributed by atoms with Crippen LogP contribution in [0.3, 0.4) is 0 Å². The molecule has 3 N–H and O–H groups in total. The SMILES string of the molecule is COc1cccc(CNC[C@@H](O)[C@H](Cc2ccccc2)NC(=O)c2cc(C(C)C)cc(N3CCCC3=O)c2)c1. The zero-order valence-corrected chi connectivity index (χ0v) is 23.0. The van der Waals surface area contributed by atoms with Gasteiger partial charge in [-0.3, -0.25) is 9.59 Å². The van der Waals surface area contributed by atoms with Crippen molar-refractivity contribution in [3.8, 4) is 5.75 Å². The van der Waals surface area contributed by atoms with Crippen LogP contribution >= 0.6 is 0 Å². The molecule has 7 heteroatoms. The summed E-state index contributed by atoms with van der Waals surface area (Å²) in [5, 5.41) is 17.6. The molecule has 1 saturated heterocycles. The summed E-state index contributed by atoms with van der Waals surface area (Å²) in [6, 6.07) is 22.8. The number of rotatable bonds is 12. The highest BCUT2D eigenvalue weighted by atomic mass is 16.5. The van der Waals surface area contributed by atoms with Gasteiger partial charge in [-0.1, -0.05) is 56.3 Å². The second-order valence-electron chi connectivity index (χ2n) is 10.4. The molecule has 0 unspecified atom stereocenters. The maximum atomic E-state index is 13.6. The standard InChI is InChI=1S/C32H39N3O4/c1-22(2)25-17-26(19-27(18-25)35-14-8-13-31(35)37)32(38)34-29(16-23-9-5-4-6-10-23)30(36)21-33-20-24-11-7-12-28(15-24)39-3/h4-7,9-12,15,17-19,22,29-30,33,36H,8,13-14,16,20-21H2,1-3H3,(H,34,38)/t29-,30+/m0/s1. The van der Waals surface area contributed by atoms with E-state index in [0.717, 1.165) is 34.5 Å². The Morgan fingerprint density at radius 1 is 1.03 bits per heavy atom. The van der Waals surface area contributed by atoms with Crippen LogP contribution in [0.5, 0.6) is 5.75 Å². The van der Waals surface area contributed by atoms with Gasteiger partial charge in [0.15, 0.2) is 0 Å². The largest absolute Gasteiger partial charge is 0.497 e. The summed E-state index contributed by atoms with van der Waals surface area (Å²) in [5.74, 6) is 0.795. The normalized spacial score (nSPS) is 14.9. The molecule has 1 fully saturated rings. The molecule has 0 radical (unpaired) electrons. The van der Waals surface area contributed by atoms with E-state index in [1.807, 2.05) is 66.7 Å². The van der Waals surface area contributed by atoms with Crippen molar-refractivity contribution in [2.45, 2.75) is 57.7 Å². The van der Waals surface area contributed by atoms with Crippen molar-refractivity contribution in [2.75, 3.05) is 25.1 Å². The molecule has 1 aliphatic rings. The fourth-order valence-electron chi connectivity index (χ4n) is 4.87. The summed E-state index contributed by atoms with van der Waals surface area (Å²) in [4.78, 5) is 27.8. The Morgan fingerprint density at radius 3 is 2.49 bits per heavy atom. The predicted molar refractivity (Wildman–Crippen MR) is 154 cm³/mol. The summed E-state index contributed by atoms with van der Waals surface area (Å²) >= 11 is 0. The van der Waals surface area contributed by atoms with Crippen molar-refractivity contribution in [1.82, 2.24) is 10.6 Å². The van der Waals surface area contributed by atoms with E-state index in [2.05, 4.69) is 24.5 Å². The van der Waals surface area contributed by atoms with Gasteiger partial charge in [0.25, 0.3) is 5.91 Å². The number of carbonyl (C=O) groups is 2. The van der Waals surface area contributed by atoms with Gasteiger partial charge in [0.1, 0.15) is 5.75 Å². The van der Waals surface area contributed by atoms with E-state index in [1.54, 1.807) is 18.1 Å². The monoisotopic (exact) mass is 529 g/mol. The van der Waals surface area contributed by atoms with E-state index in [4.69, 9.17) is 4.74 Å². The Kier molecular flexibility index (Phi) is 9.74. The number of methoxy groups -OCH3 is 1. The first-order valence-corrected chi connectivity index (χ1v) is 13.7. The van der Waals surface area contributed by atoms with Crippen molar-refractivity contribution in [2.24, 2.45) is 0 Å². The maximum absolute atomic E-state index is 13.6. The summed E-state index contributed by atoms with van der Waals surface area (Å²) < 4.78 is 5.30. The lowest BCUT2D eigenvalue weighted by atomic mass is 9.97. The zero-order chi connectivity index (χ0) is 27.8. The third kappa shape index (κ3) is 7.68. The van der Waals surface area contributed by atoms with Crippen LogP contribution < -0.4 is 20.3 Å². The highest BCUT2D eigenvalue weighted by Crippen LogP contribution is 2.28. The quantitative estimate of drug-likeness (QED) is 0.323. The first kappa shape index (κ1) is 28.3. The topological polar surface area (TPSA) is 90.9 Å². The van der Waals surface area contributed by atoms with Crippen LogP contribution in [-0.4, -0.2) is 49.3 Å². The van der Waals surface area contributed by atoms with Crippen LogP contribution in [0.4, 0.5) is 5.69 Å². The minimum absolute atomic E-state index is 0.0850. The van der Waals surface area contributed by atoms with Crippen LogP contribution in [0, 0.1) is 0 Å². The van der Waals surface area contributed by atoms with Gasteiger partial charge in [0.05, 0.1) is 19.3 Å². The maximum Gasteiger partial charge on any atom is 0.251 e. The third-order valence-electron chi connectivity index (χ3n) is 7.15. The molecule has 0 aromatic heterocycles. The molecule has 0 saturated carbocycles. The molecule has 206 valence electrons. The second-order valence-corrected chi connectivity index (χ2v) is 10.4. The fourth-order valence-corrected chi connectivity index (χ4v) is 4.87. The second kappa shape index (κ2) is 13.4. The predicted octanol–water partition coefficient (Wildman–Crippen LogP) is 4.44. The fraction of sp³-hybridized carbons (Fsp3) is 0.375. The summed E-state index contributed by atoms with van der Waals surface area (Å²) in [6.07, 6.45) is 1.00. The molecular weight excluding hydrogens is 490 g/mol. The highest BCUT2D eigenvalue weighted by molar-refractivity contribution is 5.99. The summed E-state index contributed by atoms with van der Waals surface area (Å²) in [6.45, 7) is 5.67. The Labute approximate surface area is 231 Å². The molecule has 2 atom stereocenters. The zero-order valence-electron chi connectivity index (χ0n) is 23.0. The molecule has 0 bridgehead atoms. The Hall–Kier alpha value is -3.68. The van der Waals surface area contributed by atoms with Crippen molar-refractivity contribution < 1.29 is 19.4 Å². The van der Waals surface area contributed by atoms with Gasteiger partial charge >= 0.3 is 0 Å². The van der Waals surface area contributed by atoms with Gasteiger partial charge < -0.3 is 25.4 Å². The molecule has 3 aromatic carbocycles. The Morgan fingerprint density at radius 2 is 1.79 bits per heavy atom. The number of carbonyl (C=O) groups excluding carboxylic acids is 2. The van der Waals surface area contributed by atoms with E-state index >= 15 is 0 Å². The van der Waals surface area contributed by atoms with Crippen molar-refractivity contribution in [3.63, 3.8) is 0 Å². The van der Waals surface area contributed by atoms with E-state index in [-0.39, 0.29) is 17.7 Å². The molecule has 39 heavy (non-hydrogen) atoms. The number of anilines is 1. The van der Waals surface area contributed by atoms with E-state index in [1.165, 1.54) is 0 Å². The average Bonchev–Trinajstić information content (AvgIpc) is 3.38. The number of ether oxygens (including phenoxy) is 1. The number of benzene rings is 3. The molecule has 1 aliphatic heterocycles. The highest BCUT2D eigenvalue weighted by Gasteiger charge is 2.26. The van der Waals surface area contributed by atoms with Gasteiger partial charge in [-0.2, -0.15) is 0 Å². The number of hydrogen-bond donors (Lipinski definition) is 3. The van der Waals surface area contributed by atoms with Gasteiger partial charge in [-0.15, -0.1) is 0 Å². The Bertz CT molecular complexity index is 1260. The van der Waals surface area contributed by atoms with Crippen molar-refractivity contribution in [3.05, 3.63) is 95.1 Å². The molecule has 0 spiro atoms.